The van der Waals surface area contributed by atoms with E-state index in [0.717, 1.165) is 18.3 Å². The maximum absolute atomic E-state index is 12.4. The SMILES string of the molecule is COCCN(CC(C)C)C(=O)c1ccc(C(F)(F)F)nc1. The molecule has 0 radical (unpaired) electrons. The first kappa shape index (κ1) is 17.4. The molecule has 0 saturated heterocycles. The number of carbonyl (C=O) groups excluding carboxylic acids is 1. The van der Waals surface area contributed by atoms with E-state index in [1.54, 1.807) is 4.90 Å². The van der Waals surface area contributed by atoms with Gasteiger partial charge in [-0.2, -0.15) is 13.2 Å². The van der Waals surface area contributed by atoms with E-state index < -0.39 is 11.9 Å². The Hall–Kier alpha value is -1.63. The lowest BCUT2D eigenvalue weighted by Gasteiger charge is -2.24. The smallest absolute Gasteiger partial charge is 0.383 e. The quantitative estimate of drug-likeness (QED) is 0.811. The van der Waals surface area contributed by atoms with E-state index in [-0.39, 0.29) is 17.4 Å². The Bertz CT molecular complexity index is 458. The number of carbonyl (C=O) groups is 1. The van der Waals surface area contributed by atoms with Crippen molar-refractivity contribution >= 4 is 5.91 Å². The summed E-state index contributed by atoms with van der Waals surface area (Å²) in [5.41, 5.74) is -0.869. The van der Waals surface area contributed by atoms with E-state index in [9.17, 15) is 18.0 Å². The van der Waals surface area contributed by atoms with E-state index in [0.29, 0.717) is 19.7 Å². The highest BCUT2D eigenvalue weighted by Crippen LogP contribution is 2.27. The van der Waals surface area contributed by atoms with Gasteiger partial charge < -0.3 is 9.64 Å². The summed E-state index contributed by atoms with van der Waals surface area (Å²) in [6, 6.07) is 1.97. The number of amides is 1. The molecule has 0 atom stereocenters. The summed E-state index contributed by atoms with van der Waals surface area (Å²) < 4.78 is 42.3. The lowest BCUT2D eigenvalue weighted by molar-refractivity contribution is -0.141. The standard InChI is InChI=1S/C14H19F3N2O2/c1-10(2)9-19(6-7-21-3)13(20)11-4-5-12(18-8-11)14(15,16)17/h4-5,8,10H,6-7,9H2,1-3H3. The number of rotatable bonds is 6. The van der Waals surface area contributed by atoms with Gasteiger partial charge in [-0.3, -0.25) is 9.78 Å². The van der Waals surface area contributed by atoms with Gasteiger partial charge in [-0.25, -0.2) is 0 Å². The summed E-state index contributed by atoms with van der Waals surface area (Å²) in [5, 5.41) is 0. The fourth-order valence-electron chi connectivity index (χ4n) is 1.79. The molecule has 0 bridgehead atoms. The minimum Gasteiger partial charge on any atom is -0.383 e. The second kappa shape index (κ2) is 7.40. The molecule has 0 aliphatic carbocycles. The van der Waals surface area contributed by atoms with E-state index in [4.69, 9.17) is 4.74 Å². The number of hydrogen-bond donors (Lipinski definition) is 0. The molecule has 1 aromatic heterocycles. The number of aromatic nitrogens is 1. The Morgan fingerprint density at radius 1 is 1.38 bits per heavy atom. The molecular formula is C14H19F3N2O2. The Kier molecular flexibility index (Phi) is 6.14. The van der Waals surface area contributed by atoms with Gasteiger partial charge in [-0.05, 0) is 18.1 Å². The van der Waals surface area contributed by atoms with Crippen LogP contribution in [0.3, 0.4) is 0 Å². The first-order chi connectivity index (χ1) is 9.75. The van der Waals surface area contributed by atoms with Crippen LogP contribution in [-0.2, 0) is 10.9 Å². The molecule has 21 heavy (non-hydrogen) atoms. The third-order valence-electron chi connectivity index (χ3n) is 2.74. The van der Waals surface area contributed by atoms with Crippen molar-refractivity contribution in [2.24, 2.45) is 5.92 Å². The molecule has 4 nitrogen and oxygen atoms in total. The van der Waals surface area contributed by atoms with Crippen molar-refractivity contribution < 1.29 is 22.7 Å². The van der Waals surface area contributed by atoms with Crippen LogP contribution in [0.15, 0.2) is 18.3 Å². The van der Waals surface area contributed by atoms with Crippen LogP contribution in [0.1, 0.15) is 29.9 Å². The molecule has 1 amide bonds. The van der Waals surface area contributed by atoms with Gasteiger partial charge in [-0.1, -0.05) is 13.8 Å². The van der Waals surface area contributed by atoms with Crippen molar-refractivity contribution in [3.8, 4) is 0 Å². The second-order valence-corrected chi connectivity index (χ2v) is 5.07. The average molecular weight is 304 g/mol. The van der Waals surface area contributed by atoms with Crippen molar-refractivity contribution in [3.05, 3.63) is 29.6 Å². The minimum absolute atomic E-state index is 0.139. The van der Waals surface area contributed by atoms with Crippen LogP contribution < -0.4 is 0 Å². The van der Waals surface area contributed by atoms with E-state index >= 15 is 0 Å². The van der Waals surface area contributed by atoms with Crippen LogP contribution in [0.2, 0.25) is 0 Å². The molecular weight excluding hydrogens is 285 g/mol. The van der Waals surface area contributed by atoms with E-state index in [2.05, 4.69) is 4.98 Å². The van der Waals surface area contributed by atoms with Gasteiger partial charge in [-0.15, -0.1) is 0 Å². The predicted octanol–water partition coefficient (Wildman–Crippen LogP) is 2.85. The lowest BCUT2D eigenvalue weighted by atomic mass is 10.1. The summed E-state index contributed by atoms with van der Waals surface area (Å²) in [5.74, 6) is -0.102. The van der Waals surface area contributed by atoms with Gasteiger partial charge in [0.05, 0.1) is 12.2 Å². The molecule has 0 saturated carbocycles. The molecule has 0 aliphatic rings. The topological polar surface area (TPSA) is 42.4 Å². The molecule has 0 spiro atoms. The van der Waals surface area contributed by atoms with Crippen LogP contribution >= 0.6 is 0 Å². The highest BCUT2D eigenvalue weighted by Gasteiger charge is 2.32. The number of nitrogens with zero attached hydrogens (tertiary/aromatic N) is 2. The number of methoxy groups -OCH3 is 1. The third kappa shape index (κ3) is 5.34. The largest absolute Gasteiger partial charge is 0.433 e. The van der Waals surface area contributed by atoms with Crippen molar-refractivity contribution in [1.82, 2.24) is 9.88 Å². The Morgan fingerprint density at radius 3 is 2.48 bits per heavy atom. The first-order valence-corrected chi connectivity index (χ1v) is 6.57. The first-order valence-electron chi connectivity index (χ1n) is 6.57. The van der Waals surface area contributed by atoms with Gasteiger partial charge in [0.15, 0.2) is 0 Å². The lowest BCUT2D eigenvalue weighted by Crippen LogP contribution is -2.36. The van der Waals surface area contributed by atoms with Crippen LogP contribution in [0, 0.1) is 5.92 Å². The molecule has 0 fully saturated rings. The molecule has 7 heteroatoms. The van der Waals surface area contributed by atoms with E-state index in [1.807, 2.05) is 13.8 Å². The minimum atomic E-state index is -4.50. The van der Waals surface area contributed by atoms with E-state index in [1.165, 1.54) is 7.11 Å². The molecule has 1 rings (SSSR count). The summed E-state index contributed by atoms with van der Waals surface area (Å²) in [6.07, 6.45) is -3.54. The maximum Gasteiger partial charge on any atom is 0.433 e. The van der Waals surface area contributed by atoms with Crippen molar-refractivity contribution in [3.63, 3.8) is 0 Å². The zero-order chi connectivity index (χ0) is 16.0. The molecule has 0 unspecified atom stereocenters. The highest BCUT2D eigenvalue weighted by molar-refractivity contribution is 5.93. The maximum atomic E-state index is 12.4. The Labute approximate surface area is 121 Å². The fraction of sp³-hybridized carbons (Fsp3) is 0.571. The van der Waals surface area contributed by atoms with Crippen molar-refractivity contribution in [1.29, 1.82) is 0 Å². The Morgan fingerprint density at radius 2 is 2.05 bits per heavy atom. The number of ether oxygens (including phenoxy) is 1. The summed E-state index contributed by atoms with van der Waals surface area (Å²) >= 11 is 0. The van der Waals surface area contributed by atoms with Crippen LogP contribution in [0.4, 0.5) is 13.2 Å². The van der Waals surface area contributed by atoms with Crippen molar-refractivity contribution in [2.75, 3.05) is 26.8 Å². The zero-order valence-electron chi connectivity index (χ0n) is 12.3. The van der Waals surface area contributed by atoms with Gasteiger partial charge in [0.2, 0.25) is 0 Å². The number of alkyl halides is 3. The molecule has 118 valence electrons. The van der Waals surface area contributed by atoms with Crippen molar-refractivity contribution in [2.45, 2.75) is 20.0 Å². The number of hydrogen-bond acceptors (Lipinski definition) is 3. The summed E-state index contributed by atoms with van der Waals surface area (Å²) in [4.78, 5) is 17.2. The average Bonchev–Trinajstić information content (AvgIpc) is 2.41. The highest BCUT2D eigenvalue weighted by atomic mass is 19.4. The normalized spacial score (nSPS) is 11.8. The summed E-state index contributed by atoms with van der Waals surface area (Å²) in [7, 11) is 1.53. The molecule has 1 heterocycles. The molecule has 0 aliphatic heterocycles. The number of pyridine rings is 1. The fourth-order valence-corrected chi connectivity index (χ4v) is 1.79. The summed E-state index contributed by atoms with van der Waals surface area (Å²) in [6.45, 7) is 5.17. The van der Waals surface area contributed by atoms with Gasteiger partial charge >= 0.3 is 6.18 Å². The van der Waals surface area contributed by atoms with Crippen LogP contribution in [0.5, 0.6) is 0 Å². The van der Waals surface area contributed by atoms with Crippen LogP contribution in [0.25, 0.3) is 0 Å². The third-order valence-corrected chi connectivity index (χ3v) is 2.74. The predicted molar refractivity (Wildman–Crippen MR) is 71.9 cm³/mol. The van der Waals surface area contributed by atoms with Gasteiger partial charge in [0.1, 0.15) is 5.69 Å². The zero-order valence-corrected chi connectivity index (χ0v) is 12.3. The van der Waals surface area contributed by atoms with Crippen LogP contribution in [-0.4, -0.2) is 42.6 Å². The monoisotopic (exact) mass is 304 g/mol. The molecule has 1 aromatic rings. The Balaban J connectivity index is 2.87. The number of halogens is 3. The second-order valence-electron chi connectivity index (χ2n) is 5.07. The molecule has 0 aromatic carbocycles. The van der Waals surface area contributed by atoms with Gasteiger partial charge in [0.25, 0.3) is 5.91 Å². The van der Waals surface area contributed by atoms with Gasteiger partial charge in [0, 0.05) is 26.4 Å². The molecule has 0 N–H and O–H groups in total.